The maximum absolute atomic E-state index is 13.7. The molecule has 1 heterocycles. The third kappa shape index (κ3) is 5.36. The highest BCUT2D eigenvalue weighted by molar-refractivity contribution is 7.92. The molecule has 0 spiro atoms. The summed E-state index contributed by atoms with van der Waals surface area (Å²) >= 11 is 0. The fourth-order valence-electron chi connectivity index (χ4n) is 4.76. The van der Waals surface area contributed by atoms with E-state index in [0.717, 1.165) is 33.6 Å². The summed E-state index contributed by atoms with van der Waals surface area (Å²) in [6, 6.07) is 15.7. The lowest BCUT2D eigenvalue weighted by molar-refractivity contribution is -0.128. The third-order valence-corrected chi connectivity index (χ3v) is 8.75. The first-order valence-electron chi connectivity index (χ1n) is 12.8. The van der Waals surface area contributed by atoms with E-state index in [-0.39, 0.29) is 29.3 Å². The predicted octanol–water partition coefficient (Wildman–Crippen LogP) is 5.58. The van der Waals surface area contributed by atoms with Gasteiger partial charge in [0.05, 0.1) is 30.3 Å². The van der Waals surface area contributed by atoms with Gasteiger partial charge in [-0.05, 0) is 92.3 Å². The van der Waals surface area contributed by atoms with Crippen molar-refractivity contribution in [1.29, 1.82) is 0 Å². The summed E-state index contributed by atoms with van der Waals surface area (Å²) in [6.45, 7) is 11.8. The maximum Gasteiger partial charge on any atom is 0.264 e. The first kappa shape index (κ1) is 27.5. The van der Waals surface area contributed by atoms with Gasteiger partial charge in [-0.2, -0.15) is 0 Å². The van der Waals surface area contributed by atoms with Gasteiger partial charge in [-0.25, -0.2) is 8.42 Å². The number of methoxy groups -OCH3 is 1. The fraction of sp³-hybridized carbons (Fsp3) is 0.367. The lowest BCUT2D eigenvalue weighted by atomic mass is 9.93. The van der Waals surface area contributed by atoms with Crippen molar-refractivity contribution in [1.82, 2.24) is 5.32 Å². The van der Waals surface area contributed by atoms with Crippen LogP contribution in [0.5, 0.6) is 11.5 Å². The molecule has 3 aromatic rings. The molecule has 8 heteroatoms. The van der Waals surface area contributed by atoms with E-state index in [1.165, 1.54) is 4.31 Å². The zero-order valence-corrected chi connectivity index (χ0v) is 23.8. The second-order valence-corrected chi connectivity index (χ2v) is 12.1. The van der Waals surface area contributed by atoms with Crippen molar-refractivity contribution in [3.63, 3.8) is 0 Å². The molecular weight excluding hydrogens is 500 g/mol. The molecule has 0 unspecified atom stereocenters. The van der Waals surface area contributed by atoms with Crippen molar-refractivity contribution in [2.24, 2.45) is 0 Å². The zero-order chi connectivity index (χ0) is 27.8. The number of sulfonamides is 1. The van der Waals surface area contributed by atoms with E-state index >= 15 is 0 Å². The van der Waals surface area contributed by atoms with E-state index in [1.807, 2.05) is 39.8 Å². The van der Waals surface area contributed by atoms with Crippen LogP contribution in [0.2, 0.25) is 0 Å². The van der Waals surface area contributed by atoms with Crippen molar-refractivity contribution < 1.29 is 22.7 Å². The summed E-state index contributed by atoms with van der Waals surface area (Å²) in [4.78, 5) is 13.7. The Hall–Kier alpha value is -3.52. The molecule has 1 amide bonds. The Balaban J connectivity index is 1.64. The fourth-order valence-corrected chi connectivity index (χ4v) is 6.23. The molecular formula is C30H36N2O5S. The molecule has 7 nitrogen and oxygen atoms in total. The Morgan fingerprint density at radius 3 is 2.26 bits per heavy atom. The third-order valence-electron chi connectivity index (χ3n) is 6.95. The van der Waals surface area contributed by atoms with Crippen LogP contribution in [0, 0.1) is 20.8 Å². The molecule has 0 aliphatic carbocycles. The van der Waals surface area contributed by atoms with Crippen molar-refractivity contribution in [3.05, 3.63) is 82.4 Å². The first-order valence-corrected chi connectivity index (χ1v) is 14.2. The monoisotopic (exact) mass is 536 g/mol. The molecule has 2 atom stereocenters. The minimum Gasteiger partial charge on any atom is -0.496 e. The number of rotatable bonds is 7. The average molecular weight is 537 g/mol. The average Bonchev–Trinajstić information content (AvgIpc) is 2.87. The Morgan fingerprint density at radius 2 is 1.63 bits per heavy atom. The number of aryl methyl sites for hydroxylation is 3. The lowest BCUT2D eigenvalue weighted by Crippen LogP contribution is -2.51. The quantitative estimate of drug-likeness (QED) is 0.426. The van der Waals surface area contributed by atoms with Crippen molar-refractivity contribution >= 4 is 21.6 Å². The molecule has 1 aliphatic rings. The maximum atomic E-state index is 13.7. The van der Waals surface area contributed by atoms with Crippen LogP contribution >= 0.6 is 0 Å². The summed E-state index contributed by atoms with van der Waals surface area (Å²) in [6.07, 6.45) is -1.02. The number of amides is 1. The summed E-state index contributed by atoms with van der Waals surface area (Å²) in [5, 5.41) is 3.05. The van der Waals surface area contributed by atoms with Gasteiger partial charge in [-0.15, -0.1) is 0 Å². The molecule has 0 saturated heterocycles. The Bertz CT molecular complexity index is 1450. The lowest BCUT2D eigenvalue weighted by Gasteiger charge is -2.35. The largest absolute Gasteiger partial charge is 0.496 e. The number of carbonyl (C=O) groups excluding carboxylic acids is 1. The van der Waals surface area contributed by atoms with Crippen molar-refractivity contribution in [3.8, 4) is 11.5 Å². The molecule has 202 valence electrons. The van der Waals surface area contributed by atoms with E-state index < -0.39 is 16.1 Å². The van der Waals surface area contributed by atoms with E-state index in [1.54, 1.807) is 43.5 Å². The van der Waals surface area contributed by atoms with Crippen LogP contribution in [0.25, 0.3) is 0 Å². The van der Waals surface area contributed by atoms with E-state index in [9.17, 15) is 13.2 Å². The number of anilines is 1. The van der Waals surface area contributed by atoms with E-state index in [2.05, 4.69) is 25.2 Å². The number of hydrogen-bond donors (Lipinski definition) is 1. The van der Waals surface area contributed by atoms with Crippen molar-refractivity contribution in [2.45, 2.75) is 64.5 Å². The van der Waals surface area contributed by atoms with Crippen LogP contribution in [0.3, 0.4) is 0 Å². The number of nitrogens with one attached hydrogen (secondary N) is 1. The number of benzene rings is 3. The normalized spacial score (nSPS) is 16.0. The standard InChI is InChI=1S/C30H36N2O5S/c1-18(2)24-16-25(21(5)15-27(24)36-7)22(6)31-30(33)29-17-32(26-13-10-20(4)14-28(26)37-29)38(34,35)23-11-8-19(3)9-12-23/h8-16,18,22,29H,17H2,1-7H3,(H,31,33)/t22-,29-/m1/s1. The molecule has 0 fully saturated rings. The van der Waals surface area contributed by atoms with Gasteiger partial charge in [-0.3, -0.25) is 9.10 Å². The molecule has 0 bridgehead atoms. The molecule has 4 rings (SSSR count). The number of carbonyl (C=O) groups is 1. The van der Waals surface area contributed by atoms with Gasteiger partial charge >= 0.3 is 0 Å². The highest BCUT2D eigenvalue weighted by Crippen LogP contribution is 2.38. The number of ether oxygens (including phenoxy) is 2. The van der Waals surface area contributed by atoms with Crippen LogP contribution in [0.1, 0.15) is 60.5 Å². The second kappa shape index (κ2) is 10.7. The summed E-state index contributed by atoms with van der Waals surface area (Å²) in [7, 11) is -2.27. The van der Waals surface area contributed by atoms with Crippen LogP contribution in [0.15, 0.2) is 59.5 Å². The van der Waals surface area contributed by atoms with Gasteiger partial charge < -0.3 is 14.8 Å². The summed E-state index contributed by atoms with van der Waals surface area (Å²) in [5.41, 5.74) is 5.31. The molecule has 0 radical (unpaired) electrons. The Kier molecular flexibility index (Phi) is 7.74. The van der Waals surface area contributed by atoms with Crippen LogP contribution < -0.4 is 19.1 Å². The number of nitrogens with zero attached hydrogens (tertiary/aromatic N) is 1. The zero-order valence-electron chi connectivity index (χ0n) is 23.0. The van der Waals surface area contributed by atoms with Gasteiger partial charge in [0.1, 0.15) is 11.5 Å². The number of hydrogen-bond acceptors (Lipinski definition) is 5. The van der Waals surface area contributed by atoms with Crippen LogP contribution in [0.4, 0.5) is 5.69 Å². The molecule has 0 aromatic heterocycles. The molecule has 1 aliphatic heterocycles. The van der Waals surface area contributed by atoms with Gasteiger partial charge in [0, 0.05) is 0 Å². The molecule has 1 N–H and O–H groups in total. The smallest absolute Gasteiger partial charge is 0.264 e. The summed E-state index contributed by atoms with van der Waals surface area (Å²) < 4.78 is 40.3. The summed E-state index contributed by atoms with van der Waals surface area (Å²) in [5.74, 6) is 1.05. The second-order valence-electron chi connectivity index (χ2n) is 10.3. The molecule has 3 aromatic carbocycles. The minimum atomic E-state index is -3.92. The minimum absolute atomic E-state index is 0.135. The van der Waals surface area contributed by atoms with Gasteiger partial charge in [-0.1, -0.05) is 37.6 Å². The van der Waals surface area contributed by atoms with Gasteiger partial charge in [0.15, 0.2) is 6.10 Å². The molecule has 38 heavy (non-hydrogen) atoms. The van der Waals surface area contributed by atoms with Crippen LogP contribution in [-0.4, -0.2) is 34.1 Å². The van der Waals surface area contributed by atoms with E-state index in [0.29, 0.717) is 11.4 Å². The van der Waals surface area contributed by atoms with Gasteiger partial charge in [0.2, 0.25) is 0 Å². The van der Waals surface area contributed by atoms with E-state index in [4.69, 9.17) is 9.47 Å². The topological polar surface area (TPSA) is 84.9 Å². The Labute approximate surface area is 225 Å². The van der Waals surface area contributed by atoms with Gasteiger partial charge in [0.25, 0.3) is 15.9 Å². The highest BCUT2D eigenvalue weighted by Gasteiger charge is 2.38. The SMILES string of the molecule is COc1cc(C)c([C@@H](C)NC(=O)[C@H]2CN(S(=O)(=O)c3ccc(C)cc3)c3ccc(C)cc3O2)cc1C(C)C. The Morgan fingerprint density at radius 1 is 0.974 bits per heavy atom. The molecule has 0 saturated carbocycles. The first-order chi connectivity index (χ1) is 17.9. The van der Waals surface area contributed by atoms with Crippen LogP contribution in [-0.2, 0) is 14.8 Å². The highest BCUT2D eigenvalue weighted by atomic mass is 32.2. The predicted molar refractivity (Wildman–Crippen MR) is 150 cm³/mol. The number of fused-ring (bicyclic) bond motifs is 1. The van der Waals surface area contributed by atoms with Crippen molar-refractivity contribution in [2.75, 3.05) is 18.0 Å².